The number of rotatable bonds is 6. The first kappa shape index (κ1) is 13.9. The summed E-state index contributed by atoms with van der Waals surface area (Å²) in [5.41, 5.74) is 0. The predicted octanol–water partition coefficient (Wildman–Crippen LogP) is 4.01. The first-order chi connectivity index (χ1) is 7.60. The van der Waals surface area contributed by atoms with E-state index in [1.165, 1.54) is 0 Å². The van der Waals surface area contributed by atoms with Gasteiger partial charge in [-0.15, -0.1) is 22.2 Å². The average Bonchev–Trinajstić information content (AvgIpc) is 2.30. The topological polar surface area (TPSA) is 9.23 Å². The molecule has 1 aromatic rings. The van der Waals surface area contributed by atoms with Crippen LogP contribution in [0.4, 0.5) is 0 Å². The van der Waals surface area contributed by atoms with Crippen LogP contribution in [0.25, 0.3) is 0 Å². The Bertz CT molecular complexity index is 311. The molecule has 0 unspecified atom stereocenters. The van der Waals surface area contributed by atoms with Gasteiger partial charge in [-0.25, -0.2) is 0 Å². The molecule has 0 radical (unpaired) electrons. The minimum Gasteiger partial charge on any atom is -0.494 e. The molecule has 0 heterocycles. The summed E-state index contributed by atoms with van der Waals surface area (Å²) in [4.78, 5) is 0. The van der Waals surface area contributed by atoms with E-state index in [0.717, 1.165) is 36.4 Å². The van der Waals surface area contributed by atoms with Crippen molar-refractivity contribution >= 4 is 34.0 Å². The molecule has 0 saturated carbocycles. The first-order valence-corrected chi connectivity index (χ1v) is 9.94. The second-order valence-electron chi connectivity index (χ2n) is 3.78. The van der Waals surface area contributed by atoms with E-state index in [-0.39, 0.29) is 0 Å². The van der Waals surface area contributed by atoms with Gasteiger partial charge in [0.05, 0.1) is 6.61 Å². The second kappa shape index (κ2) is 6.53. The van der Waals surface area contributed by atoms with Crippen molar-refractivity contribution in [3.05, 3.63) is 24.3 Å². The van der Waals surface area contributed by atoms with Crippen molar-refractivity contribution in [2.75, 3.05) is 6.61 Å². The minimum absolute atomic E-state index is 0.772. The summed E-state index contributed by atoms with van der Waals surface area (Å²) in [6, 6.07) is 8.69. The number of unbranched alkanes of at least 4 members (excludes halogenated alkanes) is 1. The third-order valence-electron chi connectivity index (χ3n) is 2.49. The average molecular weight is 277 g/mol. The highest BCUT2D eigenvalue weighted by atomic mass is 35.7. The molecule has 0 aliphatic rings. The van der Waals surface area contributed by atoms with Crippen molar-refractivity contribution in [1.82, 2.24) is 0 Å². The first-order valence-electron chi connectivity index (χ1n) is 5.71. The van der Waals surface area contributed by atoms with Crippen LogP contribution in [0, 0.1) is 0 Å². The lowest BCUT2D eigenvalue weighted by Crippen LogP contribution is -2.35. The molecule has 1 nitrogen and oxygen atoms in total. The van der Waals surface area contributed by atoms with E-state index >= 15 is 0 Å². The van der Waals surface area contributed by atoms with Crippen LogP contribution in [0.2, 0.25) is 6.04 Å². The zero-order chi connectivity index (χ0) is 12.0. The molecule has 0 bridgehead atoms. The van der Waals surface area contributed by atoms with Gasteiger partial charge in [-0.05, 0) is 29.8 Å². The molecule has 0 aliphatic heterocycles. The molecular formula is C12H18Cl2OSi. The highest BCUT2D eigenvalue weighted by molar-refractivity contribution is 7.50. The molecule has 1 aromatic carbocycles. The SMILES string of the molecule is CCCCOc1ccc([Si](Cl)(Cl)CC)cc1. The normalized spacial score (nSPS) is 11.5. The standard InChI is InChI=1S/C12H18Cl2OSi/c1-3-5-10-15-11-6-8-12(9-7-11)16(13,14)4-2/h6-9H,3-5,10H2,1-2H3. The molecule has 1 rings (SSSR count). The minimum atomic E-state index is -2.23. The molecule has 0 aromatic heterocycles. The van der Waals surface area contributed by atoms with Gasteiger partial charge in [0.25, 0.3) is 6.69 Å². The molecule has 0 spiro atoms. The van der Waals surface area contributed by atoms with Crippen LogP contribution >= 0.6 is 22.2 Å². The van der Waals surface area contributed by atoms with Gasteiger partial charge in [0, 0.05) is 0 Å². The highest BCUT2D eigenvalue weighted by Gasteiger charge is 2.28. The maximum absolute atomic E-state index is 6.29. The number of ether oxygens (including phenoxy) is 1. The third kappa shape index (κ3) is 4.00. The summed E-state index contributed by atoms with van der Waals surface area (Å²) >= 11 is 12.6. The van der Waals surface area contributed by atoms with E-state index in [1.54, 1.807) is 0 Å². The maximum Gasteiger partial charge on any atom is 0.280 e. The van der Waals surface area contributed by atoms with Crippen molar-refractivity contribution in [2.45, 2.75) is 32.7 Å². The number of hydrogen-bond acceptors (Lipinski definition) is 1. The summed E-state index contributed by atoms with van der Waals surface area (Å²) in [6.07, 6.45) is 2.23. The largest absolute Gasteiger partial charge is 0.494 e. The van der Waals surface area contributed by atoms with Crippen molar-refractivity contribution < 1.29 is 4.74 Å². The van der Waals surface area contributed by atoms with Gasteiger partial charge < -0.3 is 4.74 Å². The monoisotopic (exact) mass is 276 g/mol. The van der Waals surface area contributed by atoms with Gasteiger partial charge in [-0.1, -0.05) is 32.4 Å². The van der Waals surface area contributed by atoms with Crippen molar-refractivity contribution in [2.24, 2.45) is 0 Å². The Morgan fingerprint density at radius 2 is 1.75 bits per heavy atom. The Balaban J connectivity index is 2.61. The predicted molar refractivity (Wildman–Crippen MR) is 74.4 cm³/mol. The number of halogens is 2. The summed E-state index contributed by atoms with van der Waals surface area (Å²) in [5.74, 6) is 0.895. The van der Waals surface area contributed by atoms with E-state index in [9.17, 15) is 0 Å². The molecular weight excluding hydrogens is 259 g/mol. The van der Waals surface area contributed by atoms with Gasteiger partial charge in [0.15, 0.2) is 0 Å². The van der Waals surface area contributed by atoms with E-state index < -0.39 is 6.69 Å². The van der Waals surface area contributed by atoms with Crippen molar-refractivity contribution in [3.8, 4) is 5.75 Å². The second-order valence-corrected chi connectivity index (χ2v) is 10.9. The molecule has 4 heteroatoms. The van der Waals surface area contributed by atoms with Crippen LogP contribution < -0.4 is 9.92 Å². The summed E-state index contributed by atoms with van der Waals surface area (Å²) < 4.78 is 5.58. The Labute approximate surface area is 108 Å². The fourth-order valence-corrected chi connectivity index (χ4v) is 3.15. The van der Waals surface area contributed by atoms with E-state index in [4.69, 9.17) is 26.9 Å². The van der Waals surface area contributed by atoms with Gasteiger partial charge in [0.1, 0.15) is 5.75 Å². The molecule has 0 aliphatic carbocycles. The molecule has 0 N–H and O–H groups in total. The Morgan fingerprint density at radius 1 is 1.12 bits per heavy atom. The molecule has 0 atom stereocenters. The summed E-state index contributed by atoms with van der Waals surface area (Å²) in [7, 11) is 0. The van der Waals surface area contributed by atoms with Crippen LogP contribution in [0.1, 0.15) is 26.7 Å². The summed E-state index contributed by atoms with van der Waals surface area (Å²) in [6.45, 7) is 2.72. The lowest BCUT2D eigenvalue weighted by molar-refractivity contribution is 0.309. The van der Waals surface area contributed by atoms with Crippen LogP contribution in [-0.2, 0) is 0 Å². The van der Waals surface area contributed by atoms with E-state index in [1.807, 2.05) is 31.2 Å². The van der Waals surface area contributed by atoms with Gasteiger partial charge in [0.2, 0.25) is 0 Å². The number of hydrogen-bond donors (Lipinski definition) is 0. The number of benzene rings is 1. The smallest absolute Gasteiger partial charge is 0.280 e. The molecule has 90 valence electrons. The Hall–Kier alpha value is -0.183. The van der Waals surface area contributed by atoms with Gasteiger partial charge >= 0.3 is 0 Å². The van der Waals surface area contributed by atoms with Crippen molar-refractivity contribution in [3.63, 3.8) is 0 Å². The van der Waals surface area contributed by atoms with Crippen molar-refractivity contribution in [1.29, 1.82) is 0 Å². The lowest BCUT2D eigenvalue weighted by Gasteiger charge is -2.15. The molecule has 0 amide bonds. The van der Waals surface area contributed by atoms with Crippen LogP contribution in [0.15, 0.2) is 24.3 Å². The van der Waals surface area contributed by atoms with Crippen LogP contribution in [-0.4, -0.2) is 13.3 Å². The van der Waals surface area contributed by atoms with Gasteiger partial charge in [-0.3, -0.25) is 0 Å². The zero-order valence-corrected chi connectivity index (χ0v) is 12.3. The Morgan fingerprint density at radius 3 is 2.25 bits per heavy atom. The third-order valence-corrected chi connectivity index (χ3v) is 7.47. The maximum atomic E-state index is 6.29. The van der Waals surface area contributed by atoms with Gasteiger partial charge in [-0.2, -0.15) is 0 Å². The summed E-state index contributed by atoms with van der Waals surface area (Å²) in [5, 5.41) is 1.06. The fourth-order valence-electron chi connectivity index (χ4n) is 1.33. The fraction of sp³-hybridized carbons (Fsp3) is 0.500. The molecule has 16 heavy (non-hydrogen) atoms. The quantitative estimate of drug-likeness (QED) is 0.433. The highest BCUT2D eigenvalue weighted by Crippen LogP contribution is 2.21. The lowest BCUT2D eigenvalue weighted by atomic mass is 10.3. The molecule has 0 fully saturated rings. The van der Waals surface area contributed by atoms with E-state index in [2.05, 4.69) is 6.92 Å². The Kier molecular flexibility index (Phi) is 5.66. The molecule has 0 saturated heterocycles. The van der Waals surface area contributed by atoms with E-state index in [0.29, 0.717) is 0 Å². The van der Waals surface area contributed by atoms with Crippen LogP contribution in [0.5, 0.6) is 5.75 Å². The zero-order valence-electron chi connectivity index (χ0n) is 9.80. The van der Waals surface area contributed by atoms with Crippen LogP contribution in [0.3, 0.4) is 0 Å².